The fourth-order valence-corrected chi connectivity index (χ4v) is 3.47. The zero-order chi connectivity index (χ0) is 17.3. The predicted molar refractivity (Wildman–Crippen MR) is 88.5 cm³/mol. The number of para-hydroxylation sites is 1. The highest BCUT2D eigenvalue weighted by atomic mass is 19.4. The van der Waals surface area contributed by atoms with Gasteiger partial charge in [0.2, 0.25) is 0 Å². The summed E-state index contributed by atoms with van der Waals surface area (Å²) in [6, 6.07) is 8.47. The second-order valence-corrected chi connectivity index (χ2v) is 6.41. The monoisotopic (exact) mass is 338 g/mol. The predicted octanol–water partition coefficient (Wildman–Crippen LogP) is 3.89. The Kier molecular flexibility index (Phi) is 4.51. The molecule has 130 valence electrons. The van der Waals surface area contributed by atoms with Gasteiger partial charge in [-0.2, -0.15) is 18.3 Å². The summed E-state index contributed by atoms with van der Waals surface area (Å²) < 4.78 is 39.7. The molecular formula is C17H21F3N4. The fourth-order valence-electron chi connectivity index (χ4n) is 3.47. The molecule has 0 radical (unpaired) electrons. The molecule has 0 aliphatic carbocycles. The molecule has 2 atom stereocenters. The molecule has 1 saturated heterocycles. The Morgan fingerprint density at radius 1 is 1.17 bits per heavy atom. The molecule has 1 fully saturated rings. The van der Waals surface area contributed by atoms with Gasteiger partial charge < -0.3 is 4.90 Å². The maximum atomic E-state index is 13.2. The molecule has 2 aliphatic rings. The van der Waals surface area contributed by atoms with E-state index >= 15 is 0 Å². The van der Waals surface area contributed by atoms with Crippen molar-refractivity contribution >= 4 is 17.2 Å². The number of rotatable bonds is 2. The lowest BCUT2D eigenvalue weighted by atomic mass is 9.89. The highest BCUT2D eigenvalue weighted by Crippen LogP contribution is 2.37. The Morgan fingerprint density at radius 3 is 2.54 bits per heavy atom. The maximum Gasteiger partial charge on any atom is 0.431 e. The molecule has 0 bridgehead atoms. The maximum absolute atomic E-state index is 13.2. The van der Waals surface area contributed by atoms with Gasteiger partial charge in [-0.1, -0.05) is 24.6 Å². The summed E-state index contributed by atoms with van der Waals surface area (Å²) in [6.07, 6.45) is -2.00. The van der Waals surface area contributed by atoms with Crippen LogP contribution >= 0.6 is 0 Å². The summed E-state index contributed by atoms with van der Waals surface area (Å²) in [4.78, 5) is 1.85. The van der Waals surface area contributed by atoms with Crippen LogP contribution < -0.4 is 5.01 Å². The highest BCUT2D eigenvalue weighted by Gasteiger charge is 2.46. The molecule has 0 amide bonds. The molecule has 0 saturated carbocycles. The van der Waals surface area contributed by atoms with E-state index in [-0.39, 0.29) is 12.3 Å². The number of hydrogen-bond donors (Lipinski definition) is 1. The molecule has 2 aliphatic heterocycles. The number of alkyl halides is 3. The van der Waals surface area contributed by atoms with Crippen LogP contribution in [0, 0.1) is 11.3 Å². The van der Waals surface area contributed by atoms with Crippen LogP contribution in [-0.4, -0.2) is 42.3 Å². The van der Waals surface area contributed by atoms with E-state index in [2.05, 4.69) is 5.10 Å². The van der Waals surface area contributed by atoms with E-state index in [1.54, 1.807) is 24.3 Å². The molecule has 1 aromatic rings. The van der Waals surface area contributed by atoms with Crippen molar-refractivity contribution in [1.82, 2.24) is 4.90 Å². The standard InChI is InChI=1S/C17H21F3N4/c1-23-10-6-5-9-13(16(23)21)14-11-15(17(18,19)20)22-24(14)12-7-3-2-4-8-12/h2-4,7-8,13-14,21H,5-6,9-11H2,1H3. The number of hydrogen-bond acceptors (Lipinski definition) is 3. The van der Waals surface area contributed by atoms with Crippen LogP contribution in [0.15, 0.2) is 35.4 Å². The number of amidine groups is 1. The number of likely N-dealkylation sites (tertiary alicyclic amines) is 1. The van der Waals surface area contributed by atoms with Gasteiger partial charge >= 0.3 is 6.18 Å². The van der Waals surface area contributed by atoms with Gasteiger partial charge in [0, 0.05) is 25.9 Å². The van der Waals surface area contributed by atoms with Gasteiger partial charge in [-0.05, 0) is 25.0 Å². The van der Waals surface area contributed by atoms with E-state index in [0.29, 0.717) is 11.5 Å². The first kappa shape index (κ1) is 16.8. The fraction of sp³-hybridized carbons (Fsp3) is 0.529. The Hall–Kier alpha value is -2.05. The topological polar surface area (TPSA) is 42.7 Å². The van der Waals surface area contributed by atoms with Crippen molar-refractivity contribution in [3.05, 3.63) is 30.3 Å². The van der Waals surface area contributed by atoms with Gasteiger partial charge in [0.25, 0.3) is 0 Å². The summed E-state index contributed by atoms with van der Waals surface area (Å²) in [5.41, 5.74) is -0.113. The van der Waals surface area contributed by atoms with Crippen LogP contribution in [-0.2, 0) is 0 Å². The number of halogens is 3. The van der Waals surface area contributed by atoms with Crippen molar-refractivity contribution in [2.24, 2.45) is 11.0 Å². The zero-order valence-corrected chi connectivity index (χ0v) is 13.6. The minimum absolute atomic E-state index is 0.167. The summed E-state index contributed by atoms with van der Waals surface area (Å²) >= 11 is 0. The average molecular weight is 338 g/mol. The third-order valence-electron chi connectivity index (χ3n) is 4.78. The Balaban J connectivity index is 1.94. The third-order valence-corrected chi connectivity index (χ3v) is 4.78. The van der Waals surface area contributed by atoms with Gasteiger partial charge in [0.1, 0.15) is 11.5 Å². The molecule has 3 rings (SSSR count). The van der Waals surface area contributed by atoms with Crippen molar-refractivity contribution < 1.29 is 13.2 Å². The first-order chi connectivity index (χ1) is 11.4. The van der Waals surface area contributed by atoms with Gasteiger partial charge in [0.05, 0.1) is 11.7 Å². The summed E-state index contributed by atoms with van der Waals surface area (Å²) in [5.74, 6) is 0.165. The molecular weight excluding hydrogens is 317 g/mol. The lowest BCUT2D eigenvalue weighted by Gasteiger charge is -2.32. The van der Waals surface area contributed by atoms with E-state index in [1.165, 1.54) is 5.01 Å². The second kappa shape index (κ2) is 6.45. The highest BCUT2D eigenvalue weighted by molar-refractivity contribution is 5.95. The number of hydrazone groups is 1. The van der Waals surface area contributed by atoms with Gasteiger partial charge in [0.15, 0.2) is 0 Å². The summed E-state index contributed by atoms with van der Waals surface area (Å²) in [7, 11) is 1.84. The summed E-state index contributed by atoms with van der Waals surface area (Å²) in [5, 5.41) is 13.8. The summed E-state index contributed by atoms with van der Waals surface area (Å²) in [6.45, 7) is 0.778. The number of benzene rings is 1. The smallest absolute Gasteiger partial charge is 0.363 e. The van der Waals surface area contributed by atoms with Crippen LogP contribution in [0.25, 0.3) is 0 Å². The van der Waals surface area contributed by atoms with Crippen LogP contribution in [0.3, 0.4) is 0 Å². The Bertz CT molecular complexity index is 626. The van der Waals surface area contributed by atoms with Crippen molar-refractivity contribution in [3.8, 4) is 0 Å². The molecule has 0 spiro atoms. The van der Waals surface area contributed by atoms with Crippen molar-refractivity contribution in [3.63, 3.8) is 0 Å². The molecule has 24 heavy (non-hydrogen) atoms. The first-order valence-electron chi connectivity index (χ1n) is 8.16. The number of nitrogens with one attached hydrogen (secondary N) is 1. The molecule has 0 aromatic heterocycles. The quantitative estimate of drug-likeness (QED) is 0.889. The van der Waals surface area contributed by atoms with Crippen molar-refractivity contribution in [2.75, 3.05) is 18.6 Å². The van der Waals surface area contributed by atoms with E-state index in [9.17, 15) is 13.2 Å². The van der Waals surface area contributed by atoms with Gasteiger partial charge in [-0.25, -0.2) is 0 Å². The lowest BCUT2D eigenvalue weighted by Crippen LogP contribution is -2.43. The lowest BCUT2D eigenvalue weighted by molar-refractivity contribution is -0.0600. The molecule has 1 aromatic carbocycles. The van der Waals surface area contributed by atoms with Crippen molar-refractivity contribution in [1.29, 1.82) is 5.41 Å². The normalized spacial score (nSPS) is 25.7. The number of nitrogens with zero attached hydrogens (tertiary/aromatic N) is 3. The SMILES string of the molecule is CN1CCCCC(C2CC(C(F)(F)F)=NN2c2ccccc2)C1=N. The van der Waals surface area contributed by atoms with Gasteiger partial charge in [-0.15, -0.1) is 0 Å². The van der Waals surface area contributed by atoms with Crippen molar-refractivity contribution in [2.45, 2.75) is 37.9 Å². The zero-order valence-electron chi connectivity index (χ0n) is 13.6. The largest absolute Gasteiger partial charge is 0.431 e. The van der Waals surface area contributed by atoms with E-state index < -0.39 is 17.9 Å². The van der Waals surface area contributed by atoms with Crippen LogP contribution in [0.2, 0.25) is 0 Å². The van der Waals surface area contributed by atoms with Gasteiger partial charge in [-0.3, -0.25) is 10.4 Å². The third kappa shape index (κ3) is 3.25. The van der Waals surface area contributed by atoms with Crippen LogP contribution in [0.4, 0.5) is 18.9 Å². The minimum atomic E-state index is -4.43. The number of anilines is 1. The Labute approximate surface area is 139 Å². The van der Waals surface area contributed by atoms with E-state index in [0.717, 1.165) is 25.8 Å². The molecule has 1 N–H and O–H groups in total. The molecule has 2 unspecified atom stereocenters. The van der Waals surface area contributed by atoms with E-state index in [4.69, 9.17) is 5.41 Å². The van der Waals surface area contributed by atoms with Crippen LogP contribution in [0.5, 0.6) is 0 Å². The van der Waals surface area contributed by atoms with Crippen LogP contribution in [0.1, 0.15) is 25.7 Å². The molecule has 7 heteroatoms. The van der Waals surface area contributed by atoms with E-state index in [1.807, 2.05) is 18.0 Å². The molecule has 4 nitrogen and oxygen atoms in total. The Morgan fingerprint density at radius 2 is 1.88 bits per heavy atom. The second-order valence-electron chi connectivity index (χ2n) is 6.41. The first-order valence-corrected chi connectivity index (χ1v) is 8.16. The molecule has 2 heterocycles. The minimum Gasteiger partial charge on any atom is -0.363 e. The average Bonchev–Trinajstić information content (AvgIpc) is 2.93.